The van der Waals surface area contributed by atoms with Gasteiger partial charge in [0.2, 0.25) is 0 Å². The Bertz CT molecular complexity index is 2840. The number of nitrogens with zero attached hydrogens (tertiary/aromatic N) is 10. The number of pyridine rings is 3. The van der Waals surface area contributed by atoms with Crippen LogP contribution in [-0.4, -0.2) is 9.97 Å². The molecule has 8 bridgehead atoms. The van der Waals surface area contributed by atoms with E-state index >= 15 is 0 Å². The minimum Gasteiger partial charge on any atom is -0.657 e. The van der Waals surface area contributed by atoms with Crippen molar-refractivity contribution in [2.75, 3.05) is 0 Å². The molecule has 55 heavy (non-hydrogen) atoms. The van der Waals surface area contributed by atoms with Crippen molar-refractivity contribution in [2.24, 2.45) is 26.3 Å². The summed E-state index contributed by atoms with van der Waals surface area (Å²) in [6.45, 7) is 0. The van der Waals surface area contributed by atoms with Gasteiger partial charge >= 0.3 is 19.5 Å². The Morgan fingerprint density at radius 1 is 0.455 bits per heavy atom. The summed E-state index contributed by atoms with van der Waals surface area (Å²) in [6.07, 6.45) is 20.5. The minimum atomic E-state index is 0. The van der Waals surface area contributed by atoms with Gasteiger partial charge in [-0.2, -0.15) is 0 Å². The fourth-order valence-electron chi connectivity index (χ4n) is 7.02. The normalized spacial score (nSPS) is 11.6. The maximum absolute atomic E-state index is 9.06. The van der Waals surface area contributed by atoms with Crippen LogP contribution >= 0.6 is 0 Å². The van der Waals surface area contributed by atoms with E-state index in [0.29, 0.717) is 5.69 Å². The van der Waals surface area contributed by atoms with Crippen LogP contribution in [0, 0.1) is 0 Å². The maximum Gasteiger partial charge on any atom is 2.00 e. The third-order valence-corrected chi connectivity index (χ3v) is 9.73. The van der Waals surface area contributed by atoms with Crippen molar-refractivity contribution in [3.63, 3.8) is 0 Å². The Kier molecular flexibility index (Phi) is 9.33. The number of rotatable bonds is 5. The van der Waals surface area contributed by atoms with Crippen molar-refractivity contribution < 1.29 is 33.2 Å². The number of hydrogen-bond donors (Lipinski definition) is 0. The Labute approximate surface area is 329 Å². The first kappa shape index (κ1) is 35.2. The Morgan fingerprint density at radius 3 is 1.04 bits per heavy atom. The molecule has 2 aliphatic rings. The van der Waals surface area contributed by atoms with Crippen LogP contribution < -0.4 is 23.7 Å². The zero-order chi connectivity index (χ0) is 36.8. The van der Waals surface area contributed by atoms with Crippen LogP contribution in [0.4, 0.5) is 5.69 Å². The number of benzene rings is 1. The quantitative estimate of drug-likeness (QED) is 0.0581. The van der Waals surface area contributed by atoms with E-state index in [1.54, 1.807) is 0 Å². The molecule has 0 N–H and O–H groups in total. The molecular formula is C44H33N10Zn+3. The van der Waals surface area contributed by atoms with E-state index in [1.165, 1.54) is 0 Å². The van der Waals surface area contributed by atoms with E-state index in [0.717, 1.165) is 89.4 Å². The Balaban J connectivity index is 0.00000427. The fourth-order valence-corrected chi connectivity index (χ4v) is 7.02. The standard InChI is InChI=1S/C44H33N10.Zn/c1-52-22-16-29(17-23-52)42-35-10-8-33(46-35)41(28-4-6-32(7-5-28)50-51-45)34-9-11-36(47-34)43(30-18-24-53(2)25-19-30)38-13-15-40(49-38)44(39-14-12-37(42)48-39)31-20-26-54(3)27-21-31;/h4-27H,1-3H3;/q+1;+2. The van der Waals surface area contributed by atoms with Crippen molar-refractivity contribution in [1.29, 1.82) is 0 Å². The van der Waals surface area contributed by atoms with Crippen LogP contribution in [0.15, 0.2) is 127 Å². The predicted octanol–water partition coefficient (Wildman–Crippen LogP) is 7.99. The molecule has 0 atom stereocenters. The van der Waals surface area contributed by atoms with Crippen LogP contribution in [0.1, 0.15) is 22.8 Å². The minimum absolute atomic E-state index is 0. The predicted molar refractivity (Wildman–Crippen MR) is 211 cm³/mol. The van der Waals surface area contributed by atoms with Gasteiger partial charge in [0.25, 0.3) is 0 Å². The molecule has 0 unspecified atom stereocenters. The molecule has 7 aromatic rings. The third-order valence-electron chi connectivity index (χ3n) is 9.73. The molecule has 6 aromatic heterocycles. The van der Waals surface area contributed by atoms with Gasteiger partial charge in [0.1, 0.15) is 21.1 Å². The molecule has 2 aliphatic heterocycles. The molecule has 8 heterocycles. The summed E-state index contributed by atoms with van der Waals surface area (Å²) in [5, 5.41) is 3.80. The molecule has 0 aliphatic carbocycles. The second kappa shape index (κ2) is 14.6. The van der Waals surface area contributed by atoms with E-state index in [4.69, 9.17) is 25.5 Å². The molecular weight excluding hydrogens is 734 g/mol. The molecule has 0 saturated carbocycles. The van der Waals surface area contributed by atoms with E-state index < -0.39 is 0 Å². The van der Waals surface area contributed by atoms with Crippen molar-refractivity contribution >= 4 is 52.1 Å². The summed E-state index contributed by atoms with van der Waals surface area (Å²) >= 11 is 0. The van der Waals surface area contributed by atoms with Gasteiger partial charge in [-0.05, 0) is 74.3 Å². The monoisotopic (exact) mass is 765 g/mol. The van der Waals surface area contributed by atoms with Crippen LogP contribution in [0.5, 0.6) is 0 Å². The van der Waals surface area contributed by atoms with Crippen molar-refractivity contribution in [1.82, 2.24) is 19.9 Å². The Morgan fingerprint density at radius 2 is 0.745 bits per heavy atom. The number of fused-ring (bicyclic) bond motifs is 8. The molecule has 11 heteroatoms. The summed E-state index contributed by atoms with van der Waals surface area (Å²) in [7, 11) is 6.02. The van der Waals surface area contributed by atoms with E-state index in [1.807, 2.05) is 108 Å². The molecule has 258 valence electrons. The number of aromatic nitrogens is 7. The average Bonchev–Trinajstić information content (AvgIpc) is 4.02. The Hall–Kier alpha value is -6.80. The van der Waals surface area contributed by atoms with Gasteiger partial charge in [-0.25, -0.2) is 23.7 Å². The maximum atomic E-state index is 9.06. The van der Waals surface area contributed by atoms with Gasteiger partial charge in [0.05, 0.1) is 22.8 Å². The molecule has 0 fully saturated rings. The first-order chi connectivity index (χ1) is 26.4. The summed E-state index contributed by atoms with van der Waals surface area (Å²) in [4.78, 5) is 24.3. The van der Waals surface area contributed by atoms with Crippen molar-refractivity contribution in [2.45, 2.75) is 0 Å². The van der Waals surface area contributed by atoms with Crippen LogP contribution in [0.2, 0.25) is 0 Å². The van der Waals surface area contributed by atoms with Gasteiger partial charge < -0.3 is 9.97 Å². The number of aryl methyl sites for hydroxylation is 3. The third kappa shape index (κ3) is 6.68. The molecule has 0 amide bonds. The van der Waals surface area contributed by atoms with Crippen LogP contribution in [0.3, 0.4) is 0 Å². The van der Waals surface area contributed by atoms with E-state index in [9.17, 15) is 0 Å². The van der Waals surface area contributed by atoms with Gasteiger partial charge in [-0.15, -0.1) is 22.1 Å². The average molecular weight is 767 g/mol. The van der Waals surface area contributed by atoms with Crippen molar-refractivity contribution in [3.8, 4) is 44.5 Å². The topological polar surface area (TPSA) is 114 Å². The summed E-state index contributed by atoms with van der Waals surface area (Å²) < 4.78 is 6.05. The first-order valence-corrected chi connectivity index (χ1v) is 17.5. The molecule has 0 radical (unpaired) electrons. The van der Waals surface area contributed by atoms with Gasteiger partial charge in [0, 0.05) is 47.0 Å². The fraction of sp³-hybridized carbons (Fsp3) is 0.0682. The number of hydrogen-bond acceptors (Lipinski definition) is 3. The van der Waals surface area contributed by atoms with Crippen LogP contribution in [-0.2, 0) is 40.6 Å². The molecule has 1 aromatic carbocycles. The number of azide groups is 1. The molecule has 10 nitrogen and oxygen atoms in total. The SMILES string of the molecule is C[n+]1ccc(-c2c3nc(c(-c4cc[n+](C)cc4)c4ccc([n-]4)c(-c4cc[n+](C)cc4)c4nc(c(-c5ccc(N=[N+]=[N-])cc5)c5ccc2[n-]5)C=C4)C=C3)cc1.[Zn+2]. The smallest absolute Gasteiger partial charge is 0.657 e. The second-order valence-electron chi connectivity index (χ2n) is 13.4. The van der Waals surface area contributed by atoms with E-state index in [2.05, 4.69) is 82.9 Å². The first-order valence-electron chi connectivity index (χ1n) is 17.5. The second-order valence-corrected chi connectivity index (χ2v) is 13.4. The molecule has 9 rings (SSSR count). The summed E-state index contributed by atoms with van der Waals surface area (Å²) in [5.41, 5.74) is 23.4. The molecule has 0 saturated heterocycles. The summed E-state index contributed by atoms with van der Waals surface area (Å²) in [6, 6.07) is 28.3. The molecule has 0 spiro atoms. The van der Waals surface area contributed by atoms with Gasteiger partial charge in [-0.3, -0.25) is 0 Å². The van der Waals surface area contributed by atoms with Gasteiger partial charge in [-0.1, -0.05) is 53.6 Å². The van der Waals surface area contributed by atoms with Gasteiger partial charge in [0.15, 0.2) is 37.2 Å². The van der Waals surface area contributed by atoms with E-state index in [-0.39, 0.29) is 19.5 Å². The van der Waals surface area contributed by atoms with Crippen LogP contribution in [0.25, 0.3) is 101 Å². The zero-order valence-corrected chi connectivity index (χ0v) is 33.5. The summed E-state index contributed by atoms with van der Waals surface area (Å²) in [5.74, 6) is 0. The zero-order valence-electron chi connectivity index (χ0n) is 30.5. The largest absolute Gasteiger partial charge is 2.00 e. The van der Waals surface area contributed by atoms with Crippen molar-refractivity contribution in [3.05, 3.63) is 155 Å².